The van der Waals surface area contributed by atoms with E-state index in [9.17, 15) is 18.7 Å². The Balaban J connectivity index is 1.85. The van der Waals surface area contributed by atoms with E-state index in [0.717, 1.165) is 17.7 Å². The van der Waals surface area contributed by atoms with Crippen LogP contribution in [0.2, 0.25) is 0 Å². The maximum absolute atomic E-state index is 15.1. The Morgan fingerprint density at radius 2 is 2.00 bits per heavy atom. The van der Waals surface area contributed by atoms with Crippen molar-refractivity contribution in [3.05, 3.63) is 82.7 Å². The van der Waals surface area contributed by atoms with E-state index >= 15 is 4.39 Å². The molecule has 0 saturated heterocycles. The van der Waals surface area contributed by atoms with Crippen LogP contribution in [-0.2, 0) is 21.2 Å². The van der Waals surface area contributed by atoms with Crippen LogP contribution in [0.15, 0.2) is 65.5 Å². The molecule has 0 aliphatic heterocycles. The average Bonchev–Trinajstić information content (AvgIpc) is 3.49. The molecule has 2 aromatic heterocycles. The molecule has 0 radical (unpaired) electrons. The van der Waals surface area contributed by atoms with Crippen LogP contribution in [0.5, 0.6) is 0 Å². The number of thiazole rings is 1. The summed E-state index contributed by atoms with van der Waals surface area (Å²) in [6.07, 6.45) is 2.52. The fourth-order valence-electron chi connectivity index (χ4n) is 3.77. The normalized spacial score (nSPS) is 14.4. The first kappa shape index (κ1) is 25.0. The van der Waals surface area contributed by atoms with Crippen molar-refractivity contribution in [3.63, 3.8) is 0 Å². The van der Waals surface area contributed by atoms with Gasteiger partial charge >= 0.3 is 7.82 Å². The Bertz CT molecular complexity index is 1380. The molecule has 1 unspecified atom stereocenters. The standard InChI is InChI=1S/C22H20F2N5O4PS/c1-14(21-28-20(10-35-21)15-3-6-17(25-2)7-4-15)22(33-34(30,31)32,11-29-13-26-12-27-29)18-8-5-16(23)9-19(18)24/h3-10,12-14H,2,11H2,1H3,(H2,30,31,32)/t14-,22?/m0/s1. The highest BCUT2D eigenvalue weighted by molar-refractivity contribution is 7.46. The van der Waals surface area contributed by atoms with Gasteiger partial charge < -0.3 is 9.79 Å². The molecular weight excluding hydrogens is 499 g/mol. The molecule has 0 fully saturated rings. The molecule has 2 heterocycles. The van der Waals surface area contributed by atoms with Crippen molar-refractivity contribution in [2.45, 2.75) is 25.0 Å². The molecule has 0 saturated carbocycles. The monoisotopic (exact) mass is 519 g/mol. The Morgan fingerprint density at radius 1 is 1.26 bits per heavy atom. The van der Waals surface area contributed by atoms with Gasteiger partial charge in [0.2, 0.25) is 0 Å². The lowest BCUT2D eigenvalue weighted by molar-refractivity contribution is -0.0106. The molecule has 0 aliphatic carbocycles. The molecule has 0 bridgehead atoms. The summed E-state index contributed by atoms with van der Waals surface area (Å²) in [6, 6.07) is 9.87. The van der Waals surface area contributed by atoms with Crippen molar-refractivity contribution < 1.29 is 27.7 Å². The second-order valence-corrected chi connectivity index (χ2v) is 9.74. The zero-order chi connectivity index (χ0) is 25.2. The summed E-state index contributed by atoms with van der Waals surface area (Å²) in [5, 5.41) is 6.16. The third kappa shape index (κ3) is 5.42. The van der Waals surface area contributed by atoms with E-state index in [0.29, 0.717) is 22.5 Å². The van der Waals surface area contributed by atoms with Crippen LogP contribution in [0, 0.1) is 11.6 Å². The number of nitrogens with zero attached hydrogens (tertiary/aromatic N) is 5. The molecule has 13 heteroatoms. The second-order valence-electron chi connectivity index (χ2n) is 7.69. The predicted molar refractivity (Wildman–Crippen MR) is 126 cm³/mol. The Hall–Kier alpha value is -3.15. The summed E-state index contributed by atoms with van der Waals surface area (Å²) in [6.45, 7) is 4.74. The minimum absolute atomic E-state index is 0.261. The van der Waals surface area contributed by atoms with Gasteiger partial charge in [0.05, 0.1) is 22.9 Å². The van der Waals surface area contributed by atoms with Crippen molar-refractivity contribution >= 4 is 31.6 Å². The van der Waals surface area contributed by atoms with Crippen molar-refractivity contribution in [2.24, 2.45) is 4.99 Å². The molecule has 4 aromatic rings. The number of hydrogen-bond donors (Lipinski definition) is 2. The number of benzene rings is 2. The minimum Gasteiger partial charge on any atom is -0.303 e. The highest BCUT2D eigenvalue weighted by atomic mass is 32.1. The molecule has 0 amide bonds. The predicted octanol–water partition coefficient (Wildman–Crippen LogP) is 4.82. The van der Waals surface area contributed by atoms with Crippen molar-refractivity contribution in [2.75, 3.05) is 0 Å². The third-order valence-corrected chi connectivity index (χ3v) is 7.06. The lowest BCUT2D eigenvalue weighted by Crippen LogP contribution is -2.40. The number of rotatable bonds is 9. The summed E-state index contributed by atoms with van der Waals surface area (Å²) in [5.41, 5.74) is -0.221. The quantitative estimate of drug-likeness (QED) is 0.240. The van der Waals surface area contributed by atoms with Crippen LogP contribution < -0.4 is 0 Å². The molecule has 4 rings (SSSR count). The highest BCUT2D eigenvalue weighted by Crippen LogP contribution is 2.53. The minimum atomic E-state index is -5.20. The van der Waals surface area contributed by atoms with Crippen LogP contribution in [-0.4, -0.2) is 36.3 Å². The van der Waals surface area contributed by atoms with Gasteiger partial charge in [0.1, 0.15) is 29.9 Å². The van der Waals surface area contributed by atoms with Crippen LogP contribution in [0.4, 0.5) is 14.5 Å². The maximum Gasteiger partial charge on any atom is 0.470 e. The van der Waals surface area contributed by atoms with Crippen LogP contribution in [0.1, 0.15) is 23.4 Å². The van der Waals surface area contributed by atoms with E-state index in [2.05, 4.69) is 26.8 Å². The van der Waals surface area contributed by atoms with Crippen LogP contribution in [0.3, 0.4) is 0 Å². The fraction of sp³-hybridized carbons (Fsp3) is 0.182. The zero-order valence-corrected chi connectivity index (χ0v) is 20.0. The summed E-state index contributed by atoms with van der Waals surface area (Å²) >= 11 is 1.21. The maximum atomic E-state index is 15.1. The smallest absolute Gasteiger partial charge is 0.303 e. The molecule has 2 aromatic carbocycles. The summed E-state index contributed by atoms with van der Waals surface area (Å²) < 4.78 is 47.6. The molecule has 9 nitrogen and oxygen atoms in total. The van der Waals surface area contributed by atoms with Gasteiger partial charge in [0.25, 0.3) is 0 Å². The largest absolute Gasteiger partial charge is 0.470 e. The van der Waals surface area contributed by atoms with Gasteiger partial charge in [0, 0.05) is 28.5 Å². The van der Waals surface area contributed by atoms with Gasteiger partial charge in [-0.05, 0) is 24.9 Å². The van der Waals surface area contributed by atoms with Crippen molar-refractivity contribution in [1.29, 1.82) is 0 Å². The SMILES string of the molecule is C=Nc1ccc(-c2csc([C@H](C)C(Cn3cncn3)(OP(=O)(O)O)c3ccc(F)cc3F)n2)cc1. The molecule has 35 heavy (non-hydrogen) atoms. The number of aromatic nitrogens is 4. The first-order chi connectivity index (χ1) is 16.6. The topological polar surface area (TPSA) is 123 Å². The van der Waals surface area contributed by atoms with E-state index in [-0.39, 0.29) is 12.1 Å². The van der Waals surface area contributed by atoms with Gasteiger partial charge in [-0.25, -0.2) is 28.0 Å². The third-order valence-electron chi connectivity index (χ3n) is 5.47. The lowest BCUT2D eigenvalue weighted by Gasteiger charge is -2.38. The fourth-order valence-corrected chi connectivity index (χ4v) is 5.47. The van der Waals surface area contributed by atoms with Crippen molar-refractivity contribution in [3.8, 4) is 11.3 Å². The Morgan fingerprint density at radius 3 is 2.60 bits per heavy atom. The summed E-state index contributed by atoms with van der Waals surface area (Å²) in [4.78, 5) is 32.0. The van der Waals surface area contributed by atoms with Crippen molar-refractivity contribution in [1.82, 2.24) is 19.7 Å². The Labute approximate surface area is 203 Å². The number of phosphoric ester groups is 1. The lowest BCUT2D eigenvalue weighted by atomic mass is 9.82. The van der Waals surface area contributed by atoms with E-state index in [4.69, 9.17) is 4.52 Å². The first-order valence-electron chi connectivity index (χ1n) is 10.2. The van der Waals surface area contributed by atoms with E-state index in [1.54, 1.807) is 24.4 Å². The number of halogens is 2. The van der Waals surface area contributed by atoms with Crippen LogP contribution in [0.25, 0.3) is 11.3 Å². The molecule has 2 atom stereocenters. The van der Waals surface area contributed by atoms with Gasteiger partial charge in [-0.1, -0.05) is 25.1 Å². The summed E-state index contributed by atoms with van der Waals surface area (Å²) in [7, 11) is -5.20. The summed E-state index contributed by atoms with van der Waals surface area (Å²) in [5.74, 6) is -2.79. The van der Waals surface area contributed by atoms with Crippen LogP contribution >= 0.6 is 19.2 Å². The molecular formula is C22H20F2N5O4PS. The second kappa shape index (κ2) is 9.84. The molecule has 0 spiro atoms. The number of hydrogen-bond acceptors (Lipinski definition) is 7. The van der Waals surface area contributed by atoms with Gasteiger partial charge in [-0.3, -0.25) is 9.52 Å². The van der Waals surface area contributed by atoms with E-state index < -0.39 is 31.0 Å². The van der Waals surface area contributed by atoms with E-state index in [1.165, 1.54) is 28.7 Å². The van der Waals surface area contributed by atoms with E-state index in [1.807, 2.05) is 12.1 Å². The molecule has 2 N–H and O–H groups in total. The molecule has 182 valence electrons. The van der Waals surface area contributed by atoms with Gasteiger partial charge in [-0.2, -0.15) is 5.10 Å². The number of phosphoric acid groups is 1. The number of aliphatic imine (C=N–C) groups is 1. The Kier molecular flexibility index (Phi) is 7.02. The van der Waals surface area contributed by atoms with Gasteiger partial charge in [-0.15, -0.1) is 11.3 Å². The highest BCUT2D eigenvalue weighted by Gasteiger charge is 2.48. The molecule has 0 aliphatic rings. The van der Waals surface area contributed by atoms with Gasteiger partial charge in [0.15, 0.2) is 0 Å². The average molecular weight is 519 g/mol. The zero-order valence-electron chi connectivity index (χ0n) is 18.3. The first-order valence-corrected chi connectivity index (χ1v) is 12.6.